The van der Waals surface area contributed by atoms with E-state index < -0.39 is 40.5 Å². The van der Waals surface area contributed by atoms with Crippen LogP contribution in [-0.2, 0) is 25.6 Å². The molecule has 1 aliphatic heterocycles. The van der Waals surface area contributed by atoms with Gasteiger partial charge in [-0.25, -0.2) is 9.59 Å². The number of nitrogens with one attached hydrogen (secondary N) is 1. The molecule has 1 heterocycles. The lowest BCUT2D eigenvalue weighted by Crippen LogP contribution is -2.53. The maximum absolute atomic E-state index is 12.0. The molecule has 0 aromatic heterocycles. The van der Waals surface area contributed by atoms with Crippen LogP contribution in [0, 0.1) is 0 Å². The van der Waals surface area contributed by atoms with Gasteiger partial charge in [0.2, 0.25) is 0 Å². The molecule has 1 saturated heterocycles. The first-order valence-corrected chi connectivity index (χ1v) is 9.84. The Hall–Kier alpha value is -2.33. The van der Waals surface area contributed by atoms with Crippen LogP contribution in [0.4, 0.5) is 9.59 Å². The molecule has 0 aliphatic carbocycles. The summed E-state index contributed by atoms with van der Waals surface area (Å²) in [5.41, 5.74) is 0.807. The molecule has 0 radical (unpaired) electrons. The summed E-state index contributed by atoms with van der Waals surface area (Å²) in [5.74, 6) is 0. The summed E-state index contributed by atoms with van der Waals surface area (Å²) in [6, 6.07) is 7.53. The molecule has 2 rings (SSSR count). The summed E-state index contributed by atoms with van der Waals surface area (Å²) in [4.78, 5) is 24.5. The Morgan fingerprint density at radius 1 is 1.35 bits per heavy atom. The van der Waals surface area contributed by atoms with Gasteiger partial charge in [-0.1, -0.05) is 30.3 Å². The van der Waals surface area contributed by atoms with Gasteiger partial charge in [-0.2, -0.15) is 8.42 Å². The molecule has 10 heteroatoms. The fourth-order valence-corrected chi connectivity index (χ4v) is 3.63. The molecule has 1 aromatic carbocycles. The van der Waals surface area contributed by atoms with Crippen LogP contribution in [0.3, 0.4) is 0 Å². The normalized spacial score (nSPS) is 21.2. The number of carbonyl (C=O) groups is 2. The second-order valence-electron chi connectivity index (χ2n) is 6.09. The second-order valence-corrected chi connectivity index (χ2v) is 7.69. The number of amides is 2. The molecule has 3 atom stereocenters. The van der Waals surface area contributed by atoms with Gasteiger partial charge in [-0.05, 0) is 18.9 Å². The Bertz CT molecular complexity index is 738. The summed E-state index contributed by atoms with van der Waals surface area (Å²) >= 11 is 0. The summed E-state index contributed by atoms with van der Waals surface area (Å²) in [5, 5.41) is 11.9. The number of nitrogens with zero attached hydrogens (tertiary/aromatic N) is 1. The highest BCUT2D eigenvalue weighted by atomic mass is 32.2. The van der Waals surface area contributed by atoms with Crippen LogP contribution < -0.4 is 5.32 Å². The molecule has 0 saturated carbocycles. The molecule has 144 valence electrons. The number of likely N-dealkylation sites (tertiary alicyclic amines) is 1. The lowest BCUT2D eigenvalue weighted by atomic mass is 10.1. The zero-order chi connectivity index (χ0) is 19.3. The molecule has 1 aliphatic rings. The zero-order valence-electron chi connectivity index (χ0n) is 14.5. The number of rotatable bonds is 6. The lowest BCUT2D eigenvalue weighted by Gasteiger charge is -2.30. The SMILES string of the molecule is CC(NC(=O)OCc1ccccc1)[C@@H]1[C@@H](OS(C)(=O)=O)CCN1C(=O)O. The van der Waals surface area contributed by atoms with Crippen LogP contribution in [0.2, 0.25) is 0 Å². The van der Waals surface area contributed by atoms with E-state index in [0.29, 0.717) is 0 Å². The van der Waals surface area contributed by atoms with Gasteiger partial charge in [0.1, 0.15) is 12.7 Å². The number of carbonyl (C=O) groups excluding carboxylic acids is 1. The van der Waals surface area contributed by atoms with E-state index in [4.69, 9.17) is 8.92 Å². The van der Waals surface area contributed by atoms with Gasteiger partial charge in [-0.3, -0.25) is 4.18 Å². The minimum atomic E-state index is -3.76. The van der Waals surface area contributed by atoms with Gasteiger partial charge < -0.3 is 20.1 Å². The van der Waals surface area contributed by atoms with Crippen molar-refractivity contribution in [2.75, 3.05) is 12.8 Å². The van der Waals surface area contributed by atoms with E-state index in [1.54, 1.807) is 19.1 Å². The fraction of sp³-hybridized carbons (Fsp3) is 0.500. The van der Waals surface area contributed by atoms with Crippen molar-refractivity contribution in [1.82, 2.24) is 10.2 Å². The Kier molecular flexibility index (Phi) is 6.43. The van der Waals surface area contributed by atoms with Crippen molar-refractivity contribution < 1.29 is 32.0 Å². The fourth-order valence-electron chi connectivity index (χ4n) is 2.97. The van der Waals surface area contributed by atoms with Gasteiger partial charge in [0, 0.05) is 6.54 Å². The topological polar surface area (TPSA) is 122 Å². The molecule has 0 bridgehead atoms. The van der Waals surface area contributed by atoms with Gasteiger partial charge in [0.15, 0.2) is 0 Å². The lowest BCUT2D eigenvalue weighted by molar-refractivity contribution is 0.0905. The van der Waals surface area contributed by atoms with E-state index in [1.807, 2.05) is 18.2 Å². The maximum atomic E-state index is 12.0. The minimum absolute atomic E-state index is 0.0654. The molecule has 0 spiro atoms. The molecule has 2 amide bonds. The van der Waals surface area contributed by atoms with Crippen molar-refractivity contribution >= 4 is 22.3 Å². The van der Waals surface area contributed by atoms with Gasteiger partial charge in [0.25, 0.3) is 10.1 Å². The molecule has 26 heavy (non-hydrogen) atoms. The molecule has 1 unspecified atom stereocenters. The van der Waals surface area contributed by atoms with Crippen molar-refractivity contribution in [3.63, 3.8) is 0 Å². The van der Waals surface area contributed by atoms with Crippen LogP contribution in [0.5, 0.6) is 0 Å². The number of ether oxygens (including phenoxy) is 1. The number of hydrogen-bond donors (Lipinski definition) is 2. The first-order chi connectivity index (χ1) is 12.2. The number of carboxylic acid groups (broad SMARTS) is 1. The largest absolute Gasteiger partial charge is 0.465 e. The monoisotopic (exact) mass is 386 g/mol. The predicted octanol–water partition coefficient (Wildman–Crippen LogP) is 1.40. The van der Waals surface area contributed by atoms with Crippen LogP contribution >= 0.6 is 0 Å². The third-order valence-corrected chi connectivity index (χ3v) is 4.61. The van der Waals surface area contributed by atoms with Crippen LogP contribution in [0.15, 0.2) is 30.3 Å². The Balaban J connectivity index is 1.99. The Morgan fingerprint density at radius 2 is 2.00 bits per heavy atom. The second kappa shape index (κ2) is 8.37. The summed E-state index contributed by atoms with van der Waals surface area (Å²) < 4.78 is 32.9. The quantitative estimate of drug-likeness (QED) is 0.709. The minimum Gasteiger partial charge on any atom is -0.465 e. The Labute approximate surface area is 152 Å². The molecule has 1 aromatic rings. The number of benzene rings is 1. The molecule has 1 fully saturated rings. The van der Waals surface area contributed by atoms with E-state index in [-0.39, 0.29) is 19.6 Å². The van der Waals surface area contributed by atoms with E-state index in [0.717, 1.165) is 16.7 Å². The van der Waals surface area contributed by atoms with Gasteiger partial charge in [-0.15, -0.1) is 0 Å². The molecule has 9 nitrogen and oxygen atoms in total. The third-order valence-electron chi connectivity index (χ3n) is 4.01. The Morgan fingerprint density at radius 3 is 2.58 bits per heavy atom. The number of hydrogen-bond acceptors (Lipinski definition) is 6. The maximum Gasteiger partial charge on any atom is 0.407 e. The third kappa shape index (κ3) is 5.60. The van der Waals surface area contributed by atoms with Crippen LogP contribution in [0.25, 0.3) is 0 Å². The van der Waals surface area contributed by atoms with E-state index in [1.165, 1.54) is 0 Å². The number of alkyl carbamates (subject to hydrolysis) is 1. The van der Waals surface area contributed by atoms with Gasteiger partial charge in [0.05, 0.1) is 18.3 Å². The first-order valence-electron chi connectivity index (χ1n) is 8.02. The standard InChI is InChI=1S/C16H22N2O7S/c1-11(17-15(19)24-10-12-6-4-3-5-7-12)14-13(25-26(2,22)23)8-9-18(14)16(20)21/h3-7,11,13-14H,8-10H2,1-2H3,(H,17,19)(H,20,21)/t11?,13-,14+/m0/s1. The summed E-state index contributed by atoms with van der Waals surface area (Å²) in [6.45, 7) is 1.76. The predicted molar refractivity (Wildman–Crippen MR) is 92.1 cm³/mol. The van der Waals surface area contributed by atoms with Crippen molar-refractivity contribution in [3.05, 3.63) is 35.9 Å². The molecular formula is C16H22N2O7S. The average molecular weight is 386 g/mol. The van der Waals surface area contributed by atoms with Crippen molar-refractivity contribution in [3.8, 4) is 0 Å². The smallest absolute Gasteiger partial charge is 0.407 e. The highest BCUT2D eigenvalue weighted by Crippen LogP contribution is 2.25. The van der Waals surface area contributed by atoms with Gasteiger partial charge >= 0.3 is 12.2 Å². The van der Waals surface area contributed by atoms with Crippen LogP contribution in [0.1, 0.15) is 18.9 Å². The van der Waals surface area contributed by atoms with E-state index in [2.05, 4.69) is 5.32 Å². The molecular weight excluding hydrogens is 364 g/mol. The zero-order valence-corrected chi connectivity index (χ0v) is 15.3. The van der Waals surface area contributed by atoms with E-state index >= 15 is 0 Å². The molecule has 2 N–H and O–H groups in total. The average Bonchev–Trinajstić information content (AvgIpc) is 2.96. The highest BCUT2D eigenvalue weighted by Gasteiger charge is 2.43. The summed E-state index contributed by atoms with van der Waals surface area (Å²) in [7, 11) is -3.76. The highest BCUT2D eigenvalue weighted by molar-refractivity contribution is 7.86. The van der Waals surface area contributed by atoms with Crippen LogP contribution in [-0.4, -0.2) is 61.6 Å². The van der Waals surface area contributed by atoms with Crippen molar-refractivity contribution in [2.45, 2.75) is 38.1 Å². The summed E-state index contributed by atoms with van der Waals surface area (Å²) in [6.07, 6.45) is -1.68. The van der Waals surface area contributed by atoms with Crippen molar-refractivity contribution in [1.29, 1.82) is 0 Å². The van der Waals surface area contributed by atoms with Crippen molar-refractivity contribution in [2.24, 2.45) is 0 Å². The van der Waals surface area contributed by atoms with E-state index in [9.17, 15) is 23.1 Å². The first kappa shape index (κ1) is 20.0.